The molecule has 1 aliphatic rings. The summed E-state index contributed by atoms with van der Waals surface area (Å²) in [6, 6.07) is 1.84. The number of hydrogen-bond acceptors (Lipinski definition) is 3. The number of aliphatic imine (C=N–C) groups is 1. The van der Waals surface area contributed by atoms with E-state index in [9.17, 15) is 21.6 Å². The third-order valence-electron chi connectivity index (χ3n) is 4.50. The predicted molar refractivity (Wildman–Crippen MR) is 96.2 cm³/mol. The molecule has 0 unspecified atom stereocenters. The lowest BCUT2D eigenvalue weighted by molar-refractivity contribution is -0.137. The number of hydrogen-bond donors (Lipinski definition) is 0. The lowest BCUT2D eigenvalue weighted by Crippen LogP contribution is -2.40. The van der Waals surface area contributed by atoms with Crippen molar-refractivity contribution in [2.75, 3.05) is 14.1 Å². The second-order valence-electron chi connectivity index (χ2n) is 6.20. The van der Waals surface area contributed by atoms with E-state index in [0.29, 0.717) is 12.5 Å². The molecule has 0 radical (unpaired) electrons. The van der Waals surface area contributed by atoms with Crippen LogP contribution in [0.1, 0.15) is 31.7 Å². The molecule has 0 heterocycles. The quantitative estimate of drug-likeness (QED) is 0.686. The molecule has 2 rings (SSSR count). The summed E-state index contributed by atoms with van der Waals surface area (Å²) in [4.78, 5) is 3.66. The highest BCUT2D eigenvalue weighted by Gasteiger charge is 2.35. The Bertz CT molecular complexity index is 848. The average molecular weight is 409 g/mol. The van der Waals surface area contributed by atoms with Crippen LogP contribution in [0.5, 0.6) is 0 Å². The van der Waals surface area contributed by atoms with Crippen LogP contribution >= 0.6 is 11.6 Å². The SMILES string of the molecule is CN=CC1=C(C)CCC[C@H]1N(C)S(=O)(=O)c1ccc(C(F)(F)F)cc1Cl. The Labute approximate surface area is 156 Å². The molecular formula is C17H20ClF3N2O2S. The van der Waals surface area contributed by atoms with Crippen molar-refractivity contribution in [1.29, 1.82) is 0 Å². The number of alkyl halides is 3. The zero-order valence-electron chi connectivity index (χ0n) is 14.6. The van der Waals surface area contributed by atoms with Crippen LogP contribution in [0.25, 0.3) is 0 Å². The predicted octanol–water partition coefficient (Wildman–Crippen LogP) is 4.55. The zero-order chi connectivity index (χ0) is 19.7. The Kier molecular flexibility index (Phi) is 6.20. The van der Waals surface area contributed by atoms with Gasteiger partial charge in [0.2, 0.25) is 10.0 Å². The molecule has 0 aliphatic heterocycles. The van der Waals surface area contributed by atoms with E-state index in [0.717, 1.165) is 36.1 Å². The van der Waals surface area contributed by atoms with Crippen molar-refractivity contribution in [2.24, 2.45) is 4.99 Å². The topological polar surface area (TPSA) is 49.7 Å². The number of benzene rings is 1. The van der Waals surface area contributed by atoms with Crippen LogP contribution in [0, 0.1) is 0 Å². The zero-order valence-corrected chi connectivity index (χ0v) is 16.2. The fraction of sp³-hybridized carbons (Fsp3) is 0.471. The van der Waals surface area contributed by atoms with Gasteiger partial charge < -0.3 is 0 Å². The summed E-state index contributed by atoms with van der Waals surface area (Å²) in [5.74, 6) is 0. The largest absolute Gasteiger partial charge is 0.416 e. The van der Waals surface area contributed by atoms with E-state index in [4.69, 9.17) is 11.6 Å². The van der Waals surface area contributed by atoms with Crippen molar-refractivity contribution < 1.29 is 21.6 Å². The highest BCUT2D eigenvalue weighted by Crippen LogP contribution is 2.36. The van der Waals surface area contributed by atoms with Crippen LogP contribution in [0.3, 0.4) is 0 Å². The molecule has 26 heavy (non-hydrogen) atoms. The van der Waals surface area contributed by atoms with E-state index in [2.05, 4.69) is 4.99 Å². The van der Waals surface area contributed by atoms with Crippen molar-refractivity contribution in [1.82, 2.24) is 4.31 Å². The molecule has 1 aliphatic carbocycles. The van der Waals surface area contributed by atoms with Crippen molar-refractivity contribution in [3.63, 3.8) is 0 Å². The number of halogens is 4. The smallest absolute Gasteiger partial charge is 0.296 e. The minimum Gasteiger partial charge on any atom is -0.296 e. The second-order valence-corrected chi connectivity index (χ2v) is 8.57. The van der Waals surface area contributed by atoms with Gasteiger partial charge in [-0.2, -0.15) is 17.5 Å². The molecular weight excluding hydrogens is 389 g/mol. The number of allylic oxidation sites excluding steroid dienone is 1. The van der Waals surface area contributed by atoms with E-state index < -0.39 is 32.8 Å². The van der Waals surface area contributed by atoms with Gasteiger partial charge in [-0.15, -0.1) is 0 Å². The molecule has 9 heteroatoms. The Morgan fingerprint density at radius 2 is 2.00 bits per heavy atom. The van der Waals surface area contributed by atoms with E-state index in [1.54, 1.807) is 13.3 Å². The van der Waals surface area contributed by atoms with Crippen molar-refractivity contribution >= 4 is 27.8 Å². The maximum absolute atomic E-state index is 13.0. The van der Waals surface area contributed by atoms with Gasteiger partial charge >= 0.3 is 6.18 Å². The van der Waals surface area contributed by atoms with E-state index in [1.807, 2.05) is 6.92 Å². The summed E-state index contributed by atoms with van der Waals surface area (Å²) in [5, 5.41) is -0.450. The fourth-order valence-corrected chi connectivity index (χ4v) is 4.95. The van der Waals surface area contributed by atoms with Gasteiger partial charge in [0.1, 0.15) is 4.90 Å². The van der Waals surface area contributed by atoms with Gasteiger partial charge in [-0.05, 0) is 50.0 Å². The second kappa shape index (κ2) is 7.70. The fourth-order valence-electron chi connectivity index (χ4n) is 3.07. The van der Waals surface area contributed by atoms with Gasteiger partial charge in [-0.3, -0.25) is 4.99 Å². The van der Waals surface area contributed by atoms with Gasteiger partial charge in [0, 0.05) is 20.3 Å². The molecule has 0 amide bonds. The van der Waals surface area contributed by atoms with E-state index >= 15 is 0 Å². The highest BCUT2D eigenvalue weighted by molar-refractivity contribution is 7.89. The van der Waals surface area contributed by atoms with Gasteiger partial charge in [0.05, 0.1) is 16.6 Å². The Morgan fingerprint density at radius 3 is 2.54 bits per heavy atom. The number of nitrogens with zero attached hydrogens (tertiary/aromatic N) is 2. The molecule has 0 aromatic heterocycles. The molecule has 0 spiro atoms. The summed E-state index contributed by atoms with van der Waals surface area (Å²) in [6.07, 6.45) is -0.678. The molecule has 1 atom stereocenters. The van der Waals surface area contributed by atoms with Gasteiger partial charge in [0.15, 0.2) is 0 Å². The van der Waals surface area contributed by atoms with Gasteiger partial charge in [-0.1, -0.05) is 17.2 Å². The number of sulfonamides is 1. The van der Waals surface area contributed by atoms with E-state index in [-0.39, 0.29) is 4.90 Å². The summed E-state index contributed by atoms with van der Waals surface area (Å²) in [7, 11) is -1.05. The summed E-state index contributed by atoms with van der Waals surface area (Å²) in [6.45, 7) is 1.93. The highest BCUT2D eigenvalue weighted by atomic mass is 35.5. The summed E-state index contributed by atoms with van der Waals surface area (Å²) >= 11 is 5.89. The lowest BCUT2D eigenvalue weighted by atomic mass is 9.89. The molecule has 0 saturated heterocycles. The maximum atomic E-state index is 13.0. The van der Waals surface area contributed by atoms with Crippen LogP contribution in [0.4, 0.5) is 13.2 Å². The average Bonchev–Trinajstić information content (AvgIpc) is 2.55. The first-order chi connectivity index (χ1) is 12.0. The Balaban J connectivity index is 2.45. The summed E-state index contributed by atoms with van der Waals surface area (Å²) in [5.41, 5.74) is 0.872. The Hall–Kier alpha value is -1.38. The minimum absolute atomic E-state index is 0.342. The number of rotatable bonds is 4. The minimum atomic E-state index is -4.59. The van der Waals surface area contributed by atoms with Crippen molar-refractivity contribution in [3.8, 4) is 0 Å². The van der Waals surface area contributed by atoms with Crippen LogP contribution in [0.15, 0.2) is 39.2 Å². The maximum Gasteiger partial charge on any atom is 0.416 e. The van der Waals surface area contributed by atoms with Crippen molar-refractivity contribution in [2.45, 2.75) is 43.3 Å². The molecule has 0 saturated carbocycles. The standard InChI is InChI=1S/C17H20ClF3N2O2S/c1-11-5-4-6-15(13(11)10-22-2)23(3)26(24,25)16-8-7-12(9-14(16)18)17(19,20)21/h7-10,15H,4-6H2,1-3H3/t15-/m1/s1. The van der Waals surface area contributed by atoms with Gasteiger partial charge in [0.25, 0.3) is 0 Å². The number of likely N-dealkylation sites (N-methyl/N-ethyl adjacent to an activating group) is 1. The summed E-state index contributed by atoms with van der Waals surface area (Å²) < 4.78 is 65.4. The third kappa shape index (κ3) is 4.13. The first-order valence-corrected chi connectivity index (χ1v) is 9.78. The normalized spacial score (nSPS) is 19.6. The first kappa shape index (κ1) is 20.9. The van der Waals surface area contributed by atoms with Gasteiger partial charge in [-0.25, -0.2) is 8.42 Å². The van der Waals surface area contributed by atoms with Crippen molar-refractivity contribution in [3.05, 3.63) is 39.9 Å². The van der Waals surface area contributed by atoms with Crippen LogP contribution in [-0.4, -0.2) is 39.1 Å². The van der Waals surface area contributed by atoms with Crippen LogP contribution in [0.2, 0.25) is 5.02 Å². The van der Waals surface area contributed by atoms with Crippen LogP contribution in [-0.2, 0) is 16.2 Å². The lowest BCUT2D eigenvalue weighted by Gasteiger charge is -2.32. The molecule has 144 valence electrons. The third-order valence-corrected chi connectivity index (χ3v) is 6.85. The molecule has 1 aromatic carbocycles. The monoisotopic (exact) mass is 408 g/mol. The van der Waals surface area contributed by atoms with E-state index in [1.165, 1.54) is 11.4 Å². The first-order valence-electron chi connectivity index (χ1n) is 7.96. The molecule has 4 nitrogen and oxygen atoms in total. The molecule has 0 fully saturated rings. The van der Waals surface area contributed by atoms with Crippen LogP contribution < -0.4 is 0 Å². The molecule has 0 N–H and O–H groups in total. The Morgan fingerprint density at radius 1 is 1.35 bits per heavy atom. The molecule has 1 aromatic rings. The molecule has 0 bridgehead atoms.